The van der Waals surface area contributed by atoms with Gasteiger partial charge in [0.25, 0.3) is 0 Å². The van der Waals surface area contributed by atoms with Crippen molar-refractivity contribution < 1.29 is 9.53 Å². The summed E-state index contributed by atoms with van der Waals surface area (Å²) in [4.78, 5) is 11.6. The molecule has 4 nitrogen and oxygen atoms in total. The second-order valence-corrected chi connectivity index (χ2v) is 4.55. The Morgan fingerprint density at radius 1 is 1.35 bits per heavy atom. The Hall–Kier alpha value is -1.55. The van der Waals surface area contributed by atoms with E-state index in [-0.39, 0.29) is 12.1 Å². The molecule has 0 spiro atoms. The average Bonchev–Trinajstić information content (AvgIpc) is 2.67. The number of aryl methyl sites for hydroxylation is 2. The molecule has 1 heterocycles. The number of ether oxygens (including phenoxy) is 1. The van der Waals surface area contributed by atoms with Crippen molar-refractivity contribution in [2.75, 3.05) is 13.1 Å². The Bertz CT molecular complexity index is 392. The van der Waals surface area contributed by atoms with Crippen LogP contribution in [0, 0.1) is 13.8 Å². The fourth-order valence-corrected chi connectivity index (χ4v) is 2.07. The van der Waals surface area contributed by atoms with Gasteiger partial charge in [-0.1, -0.05) is 6.07 Å². The summed E-state index contributed by atoms with van der Waals surface area (Å²) in [6, 6.07) is 5.96. The number of benzene rings is 1. The fourth-order valence-electron chi connectivity index (χ4n) is 2.07. The summed E-state index contributed by atoms with van der Waals surface area (Å²) in [5.74, 6) is 0.603. The lowest BCUT2D eigenvalue weighted by atomic mass is 10.1. The van der Waals surface area contributed by atoms with Crippen LogP contribution in [0.4, 0.5) is 4.79 Å². The minimum absolute atomic E-state index is 0.188. The zero-order chi connectivity index (χ0) is 12.3. The molecule has 1 unspecified atom stereocenters. The van der Waals surface area contributed by atoms with Crippen LogP contribution in [-0.2, 0) is 0 Å². The van der Waals surface area contributed by atoms with Crippen molar-refractivity contribution >= 4 is 6.09 Å². The number of rotatable bonds is 2. The molecule has 2 N–H and O–H groups in total. The highest BCUT2D eigenvalue weighted by atomic mass is 16.6. The maximum atomic E-state index is 11.6. The summed E-state index contributed by atoms with van der Waals surface area (Å²) in [5.41, 5.74) is 2.19. The summed E-state index contributed by atoms with van der Waals surface area (Å²) < 4.78 is 5.26. The first-order chi connectivity index (χ1) is 8.13. The van der Waals surface area contributed by atoms with E-state index in [0.29, 0.717) is 5.75 Å². The van der Waals surface area contributed by atoms with Crippen LogP contribution >= 0.6 is 0 Å². The number of carbonyl (C=O) groups is 1. The molecule has 4 heteroatoms. The highest BCUT2D eigenvalue weighted by molar-refractivity contribution is 5.70. The van der Waals surface area contributed by atoms with Crippen LogP contribution < -0.4 is 15.4 Å². The molecule has 1 aromatic rings. The van der Waals surface area contributed by atoms with Crippen LogP contribution in [0.1, 0.15) is 17.5 Å². The van der Waals surface area contributed by atoms with Gasteiger partial charge < -0.3 is 15.4 Å². The van der Waals surface area contributed by atoms with E-state index in [1.807, 2.05) is 32.0 Å². The zero-order valence-corrected chi connectivity index (χ0v) is 10.2. The van der Waals surface area contributed by atoms with Crippen LogP contribution in [0.3, 0.4) is 0 Å². The molecule has 1 fully saturated rings. The van der Waals surface area contributed by atoms with Crippen molar-refractivity contribution in [1.82, 2.24) is 10.6 Å². The summed E-state index contributed by atoms with van der Waals surface area (Å²) in [6.07, 6.45) is 0.589. The van der Waals surface area contributed by atoms with Gasteiger partial charge in [0.1, 0.15) is 5.75 Å². The Morgan fingerprint density at radius 2 is 2.06 bits per heavy atom. The fraction of sp³-hybridized carbons (Fsp3) is 0.462. The molecule has 0 bridgehead atoms. The topological polar surface area (TPSA) is 50.4 Å². The Labute approximate surface area is 101 Å². The molecule has 1 amide bonds. The lowest BCUT2D eigenvalue weighted by molar-refractivity contribution is 0.197. The third kappa shape index (κ3) is 3.46. The minimum atomic E-state index is -0.372. The van der Waals surface area contributed by atoms with E-state index in [1.54, 1.807) is 0 Å². The molecule has 0 radical (unpaired) electrons. The van der Waals surface area contributed by atoms with E-state index in [2.05, 4.69) is 10.6 Å². The van der Waals surface area contributed by atoms with Gasteiger partial charge in [-0.2, -0.15) is 0 Å². The van der Waals surface area contributed by atoms with Crippen molar-refractivity contribution in [3.8, 4) is 5.75 Å². The van der Waals surface area contributed by atoms with Gasteiger partial charge in [-0.25, -0.2) is 4.79 Å². The molecule has 1 aliphatic rings. The minimum Gasteiger partial charge on any atom is -0.410 e. The molecule has 2 rings (SSSR count). The van der Waals surface area contributed by atoms with Crippen LogP contribution in [0.5, 0.6) is 5.75 Å². The predicted molar refractivity (Wildman–Crippen MR) is 66.4 cm³/mol. The van der Waals surface area contributed by atoms with E-state index in [4.69, 9.17) is 4.74 Å². The van der Waals surface area contributed by atoms with E-state index in [1.165, 1.54) is 0 Å². The lowest BCUT2D eigenvalue weighted by Gasteiger charge is -2.12. The van der Waals surface area contributed by atoms with E-state index >= 15 is 0 Å². The number of nitrogens with one attached hydrogen (secondary N) is 2. The van der Waals surface area contributed by atoms with Crippen molar-refractivity contribution in [2.45, 2.75) is 26.3 Å². The largest absolute Gasteiger partial charge is 0.412 e. The van der Waals surface area contributed by atoms with Gasteiger partial charge in [0.15, 0.2) is 0 Å². The summed E-state index contributed by atoms with van der Waals surface area (Å²) >= 11 is 0. The number of carbonyl (C=O) groups excluding carboxylic acids is 1. The predicted octanol–water partition coefficient (Wildman–Crippen LogP) is 1.75. The molecule has 1 aromatic carbocycles. The highest BCUT2D eigenvalue weighted by Crippen LogP contribution is 2.16. The van der Waals surface area contributed by atoms with Crippen molar-refractivity contribution in [2.24, 2.45) is 0 Å². The van der Waals surface area contributed by atoms with Crippen molar-refractivity contribution in [3.05, 3.63) is 29.3 Å². The first kappa shape index (κ1) is 11.9. The molecule has 1 atom stereocenters. The maximum Gasteiger partial charge on any atom is 0.412 e. The van der Waals surface area contributed by atoms with Gasteiger partial charge in [-0.05, 0) is 50.1 Å². The summed E-state index contributed by atoms with van der Waals surface area (Å²) in [7, 11) is 0. The SMILES string of the molecule is Cc1cc(C)cc(OC(=O)NC2CCNC2)c1. The lowest BCUT2D eigenvalue weighted by Crippen LogP contribution is -2.38. The molecule has 17 heavy (non-hydrogen) atoms. The molecule has 0 aliphatic carbocycles. The van der Waals surface area contributed by atoms with Crippen molar-refractivity contribution in [1.29, 1.82) is 0 Å². The van der Waals surface area contributed by atoms with E-state index in [9.17, 15) is 4.79 Å². The van der Waals surface area contributed by atoms with E-state index in [0.717, 1.165) is 30.6 Å². The molecular formula is C13H18N2O2. The molecule has 0 aromatic heterocycles. The Balaban J connectivity index is 1.92. The number of amides is 1. The van der Waals surface area contributed by atoms with Gasteiger partial charge in [-0.3, -0.25) is 0 Å². The smallest absolute Gasteiger partial charge is 0.410 e. The van der Waals surface area contributed by atoms with Crippen LogP contribution in [0.25, 0.3) is 0 Å². The zero-order valence-electron chi connectivity index (χ0n) is 10.2. The van der Waals surface area contributed by atoms with Crippen LogP contribution in [0.15, 0.2) is 18.2 Å². The molecule has 1 aliphatic heterocycles. The Kier molecular flexibility index (Phi) is 3.64. The van der Waals surface area contributed by atoms with E-state index < -0.39 is 0 Å². The van der Waals surface area contributed by atoms with Gasteiger partial charge in [0.05, 0.1) is 0 Å². The maximum absolute atomic E-state index is 11.6. The third-order valence-electron chi connectivity index (χ3n) is 2.79. The Morgan fingerprint density at radius 3 is 2.65 bits per heavy atom. The summed E-state index contributed by atoms with van der Waals surface area (Å²) in [6.45, 7) is 5.74. The molecule has 1 saturated heterocycles. The molecule has 92 valence electrons. The van der Waals surface area contributed by atoms with Crippen molar-refractivity contribution in [3.63, 3.8) is 0 Å². The van der Waals surface area contributed by atoms with Gasteiger partial charge in [-0.15, -0.1) is 0 Å². The quantitative estimate of drug-likeness (QED) is 0.819. The average molecular weight is 234 g/mol. The number of hydrogen-bond donors (Lipinski definition) is 2. The molecule has 0 saturated carbocycles. The van der Waals surface area contributed by atoms with Gasteiger partial charge in [0.2, 0.25) is 0 Å². The van der Waals surface area contributed by atoms with Gasteiger partial charge >= 0.3 is 6.09 Å². The highest BCUT2D eigenvalue weighted by Gasteiger charge is 2.17. The monoisotopic (exact) mass is 234 g/mol. The van der Waals surface area contributed by atoms with Crippen LogP contribution in [0.2, 0.25) is 0 Å². The second-order valence-electron chi connectivity index (χ2n) is 4.55. The molecular weight excluding hydrogens is 216 g/mol. The van der Waals surface area contributed by atoms with Gasteiger partial charge in [0, 0.05) is 12.6 Å². The second kappa shape index (κ2) is 5.19. The van der Waals surface area contributed by atoms with Crippen LogP contribution in [-0.4, -0.2) is 25.2 Å². The first-order valence-corrected chi connectivity index (χ1v) is 5.91. The third-order valence-corrected chi connectivity index (χ3v) is 2.79. The standard InChI is InChI=1S/C13H18N2O2/c1-9-5-10(2)7-12(6-9)17-13(16)15-11-3-4-14-8-11/h5-7,11,14H,3-4,8H2,1-2H3,(H,15,16). The number of hydrogen-bond acceptors (Lipinski definition) is 3. The normalized spacial score (nSPS) is 19.1. The summed E-state index contributed by atoms with van der Waals surface area (Å²) in [5, 5.41) is 6.03. The first-order valence-electron chi connectivity index (χ1n) is 5.91.